The van der Waals surface area contributed by atoms with Crippen LogP contribution in [0.1, 0.15) is 77.6 Å². The maximum Gasteiger partial charge on any atom is 0.316 e. The van der Waals surface area contributed by atoms with Gasteiger partial charge < -0.3 is 5.11 Å². The van der Waals surface area contributed by atoms with Gasteiger partial charge >= 0.3 is 5.97 Å². The van der Waals surface area contributed by atoms with Gasteiger partial charge in [-0.05, 0) is 6.42 Å². The van der Waals surface area contributed by atoms with Crippen molar-refractivity contribution in [2.24, 2.45) is 0 Å². The summed E-state index contributed by atoms with van der Waals surface area (Å²) in [4.78, 5) is 10.6. The molecule has 0 aliphatic heterocycles. The van der Waals surface area contributed by atoms with Crippen molar-refractivity contribution in [1.82, 2.24) is 0 Å². The molecule has 0 aromatic rings. The zero-order valence-electron chi connectivity index (χ0n) is 11.1. The monoisotopic (exact) mass is 354 g/mol. The lowest BCUT2D eigenvalue weighted by molar-refractivity contribution is -0.136. The molecular formula is C14H27IO2. The summed E-state index contributed by atoms with van der Waals surface area (Å²) < 4.78 is -0.193. The molecule has 2 nitrogen and oxygen atoms in total. The van der Waals surface area contributed by atoms with Crippen molar-refractivity contribution in [2.75, 3.05) is 0 Å². The molecular weight excluding hydrogens is 327 g/mol. The molecule has 0 spiro atoms. The summed E-state index contributed by atoms with van der Waals surface area (Å²) in [5.74, 6) is -0.665. The van der Waals surface area contributed by atoms with Gasteiger partial charge in [0.1, 0.15) is 3.92 Å². The Balaban J connectivity index is 3.06. The molecule has 1 unspecified atom stereocenters. The second-order valence-corrected chi connectivity index (χ2v) is 6.28. The number of halogens is 1. The van der Waals surface area contributed by atoms with Gasteiger partial charge in [0.25, 0.3) is 0 Å². The fraction of sp³-hybridized carbons (Fsp3) is 0.929. The summed E-state index contributed by atoms with van der Waals surface area (Å²) in [6.45, 7) is 2.25. The number of carboxylic acid groups (broad SMARTS) is 1. The molecule has 0 radical (unpaired) electrons. The van der Waals surface area contributed by atoms with E-state index in [1.54, 1.807) is 0 Å². The first-order valence-corrected chi connectivity index (χ1v) is 8.30. The SMILES string of the molecule is CCCCCCCCCCCCC(I)C(=O)O. The second-order valence-electron chi connectivity index (χ2n) is 4.78. The molecule has 0 bridgehead atoms. The largest absolute Gasteiger partial charge is 0.480 e. The maximum atomic E-state index is 10.6. The molecule has 0 aliphatic rings. The van der Waals surface area contributed by atoms with Crippen LogP contribution in [0, 0.1) is 0 Å². The summed E-state index contributed by atoms with van der Waals surface area (Å²) in [5.41, 5.74) is 0. The Bertz CT molecular complexity index is 183. The molecule has 0 aromatic heterocycles. The zero-order chi connectivity index (χ0) is 12.9. The molecule has 102 valence electrons. The van der Waals surface area contributed by atoms with Crippen molar-refractivity contribution < 1.29 is 9.90 Å². The molecule has 0 rings (SSSR count). The Kier molecular flexibility index (Phi) is 12.8. The number of unbranched alkanes of at least 4 members (excludes halogenated alkanes) is 9. The summed E-state index contributed by atoms with van der Waals surface area (Å²) in [5, 5.41) is 8.72. The number of carbonyl (C=O) groups is 1. The predicted molar refractivity (Wildman–Crippen MR) is 81.9 cm³/mol. The van der Waals surface area contributed by atoms with E-state index in [1.165, 1.54) is 57.8 Å². The highest BCUT2D eigenvalue weighted by Crippen LogP contribution is 2.14. The van der Waals surface area contributed by atoms with Gasteiger partial charge in [0.15, 0.2) is 0 Å². The maximum absolute atomic E-state index is 10.6. The van der Waals surface area contributed by atoms with Gasteiger partial charge in [-0.25, -0.2) is 0 Å². The lowest BCUT2D eigenvalue weighted by atomic mass is 10.1. The van der Waals surface area contributed by atoms with Gasteiger partial charge in [0, 0.05) is 0 Å². The van der Waals surface area contributed by atoms with E-state index in [9.17, 15) is 4.79 Å². The van der Waals surface area contributed by atoms with Crippen molar-refractivity contribution in [1.29, 1.82) is 0 Å². The van der Waals surface area contributed by atoms with E-state index >= 15 is 0 Å². The minimum Gasteiger partial charge on any atom is -0.480 e. The third kappa shape index (κ3) is 12.4. The molecule has 0 aliphatic carbocycles. The van der Waals surface area contributed by atoms with Crippen LogP contribution in [0.5, 0.6) is 0 Å². The predicted octanol–water partition coefficient (Wildman–Crippen LogP) is 5.19. The van der Waals surface area contributed by atoms with Gasteiger partial charge in [0.05, 0.1) is 0 Å². The molecule has 3 heteroatoms. The van der Waals surface area contributed by atoms with Crippen molar-refractivity contribution in [3.63, 3.8) is 0 Å². The number of alkyl halides is 1. The first-order chi connectivity index (χ1) is 8.18. The first-order valence-electron chi connectivity index (χ1n) is 7.05. The first kappa shape index (κ1) is 17.2. The van der Waals surface area contributed by atoms with Crippen LogP contribution in [0.15, 0.2) is 0 Å². The Labute approximate surface area is 120 Å². The quantitative estimate of drug-likeness (QED) is 0.298. The van der Waals surface area contributed by atoms with E-state index in [4.69, 9.17) is 5.11 Å². The third-order valence-electron chi connectivity index (χ3n) is 3.08. The molecule has 0 heterocycles. The smallest absolute Gasteiger partial charge is 0.316 e. The van der Waals surface area contributed by atoms with Gasteiger partial charge in [-0.1, -0.05) is 93.7 Å². The van der Waals surface area contributed by atoms with Crippen LogP contribution in [-0.2, 0) is 4.79 Å². The summed E-state index contributed by atoms with van der Waals surface area (Å²) in [6.07, 6.45) is 13.9. The fourth-order valence-corrected chi connectivity index (χ4v) is 2.37. The zero-order valence-corrected chi connectivity index (χ0v) is 13.2. The van der Waals surface area contributed by atoms with Gasteiger partial charge in [-0.2, -0.15) is 0 Å². The standard InChI is InChI=1S/C14H27IO2/c1-2-3-4-5-6-7-8-9-10-11-12-13(15)14(16)17/h13H,2-12H2,1H3,(H,16,17). The molecule has 0 saturated heterocycles. The highest BCUT2D eigenvalue weighted by molar-refractivity contribution is 14.1. The second kappa shape index (κ2) is 12.7. The highest BCUT2D eigenvalue weighted by Gasteiger charge is 2.11. The van der Waals surface area contributed by atoms with Crippen molar-refractivity contribution >= 4 is 28.6 Å². The van der Waals surface area contributed by atoms with Crippen molar-refractivity contribution in [2.45, 2.75) is 81.5 Å². The summed E-state index contributed by atoms with van der Waals surface area (Å²) >= 11 is 2.02. The van der Waals surface area contributed by atoms with E-state index < -0.39 is 5.97 Å². The molecule has 0 aromatic carbocycles. The van der Waals surface area contributed by atoms with Gasteiger partial charge in [-0.15, -0.1) is 0 Å². The topological polar surface area (TPSA) is 37.3 Å². The third-order valence-corrected chi connectivity index (χ3v) is 4.23. The Morgan fingerprint density at radius 3 is 1.76 bits per heavy atom. The minimum absolute atomic E-state index is 0.193. The van der Waals surface area contributed by atoms with Crippen LogP contribution in [0.4, 0.5) is 0 Å². The van der Waals surface area contributed by atoms with Gasteiger partial charge in [-0.3, -0.25) is 4.79 Å². The van der Waals surface area contributed by atoms with E-state index in [2.05, 4.69) is 6.92 Å². The van der Waals surface area contributed by atoms with E-state index in [1.807, 2.05) is 22.6 Å². The average molecular weight is 354 g/mol. The molecule has 0 fully saturated rings. The Morgan fingerprint density at radius 2 is 1.35 bits per heavy atom. The van der Waals surface area contributed by atoms with Crippen LogP contribution in [0.3, 0.4) is 0 Å². The van der Waals surface area contributed by atoms with Crippen LogP contribution < -0.4 is 0 Å². The summed E-state index contributed by atoms with van der Waals surface area (Å²) in [6, 6.07) is 0. The highest BCUT2D eigenvalue weighted by atomic mass is 127. The lowest BCUT2D eigenvalue weighted by Crippen LogP contribution is -2.11. The van der Waals surface area contributed by atoms with Crippen LogP contribution in [0.25, 0.3) is 0 Å². The van der Waals surface area contributed by atoms with Crippen LogP contribution in [0.2, 0.25) is 0 Å². The number of hydrogen-bond acceptors (Lipinski definition) is 1. The number of hydrogen-bond donors (Lipinski definition) is 1. The Morgan fingerprint density at radius 1 is 0.941 bits per heavy atom. The summed E-state index contributed by atoms with van der Waals surface area (Å²) in [7, 11) is 0. The van der Waals surface area contributed by atoms with E-state index in [-0.39, 0.29) is 3.92 Å². The van der Waals surface area contributed by atoms with E-state index in [0.717, 1.165) is 12.8 Å². The molecule has 0 saturated carbocycles. The number of aliphatic carboxylic acids is 1. The number of rotatable bonds is 12. The van der Waals surface area contributed by atoms with Gasteiger partial charge in [0.2, 0.25) is 0 Å². The van der Waals surface area contributed by atoms with E-state index in [0.29, 0.717) is 0 Å². The van der Waals surface area contributed by atoms with Crippen molar-refractivity contribution in [3.05, 3.63) is 0 Å². The van der Waals surface area contributed by atoms with Crippen molar-refractivity contribution in [3.8, 4) is 0 Å². The van der Waals surface area contributed by atoms with Crippen LogP contribution >= 0.6 is 22.6 Å². The molecule has 1 atom stereocenters. The molecule has 0 amide bonds. The molecule has 17 heavy (non-hydrogen) atoms. The molecule has 1 N–H and O–H groups in total. The average Bonchev–Trinajstić information content (AvgIpc) is 2.31. The normalized spacial score (nSPS) is 12.6. The fourth-order valence-electron chi connectivity index (χ4n) is 1.93. The number of carboxylic acids is 1. The Hall–Kier alpha value is 0.200. The minimum atomic E-state index is -0.665. The van der Waals surface area contributed by atoms with Crippen LogP contribution in [-0.4, -0.2) is 15.0 Å². The lowest BCUT2D eigenvalue weighted by Gasteiger charge is -2.04.